The monoisotopic (exact) mass is 660 g/mol. The molecular weight excluding hydrogens is 633 g/mol. The van der Waals surface area contributed by atoms with Crippen molar-refractivity contribution in [3.05, 3.63) is 170 Å². The Labute approximate surface area is 297 Å². The van der Waals surface area contributed by atoms with Gasteiger partial charge in [-0.25, -0.2) is 0 Å². The highest BCUT2D eigenvalue weighted by Crippen LogP contribution is 2.51. The molecule has 0 spiro atoms. The van der Waals surface area contributed by atoms with Gasteiger partial charge in [-0.15, -0.1) is 0 Å². The van der Waals surface area contributed by atoms with E-state index in [4.69, 9.17) is 8.83 Å². The summed E-state index contributed by atoms with van der Waals surface area (Å²) >= 11 is 0. The molecule has 12 rings (SSSR count). The first-order chi connectivity index (χ1) is 25.8. The molecule has 0 amide bonds. The second kappa shape index (κ2) is 10.3. The summed E-state index contributed by atoms with van der Waals surface area (Å²) in [6, 6.07) is 61.4. The number of rotatable bonds is 2. The summed E-state index contributed by atoms with van der Waals surface area (Å²) in [5, 5.41) is 16.6. The summed E-state index contributed by atoms with van der Waals surface area (Å²) in [7, 11) is 0. The van der Waals surface area contributed by atoms with Crippen LogP contribution in [0.15, 0.2) is 179 Å². The summed E-state index contributed by atoms with van der Waals surface area (Å²) < 4.78 is 13.6. The van der Waals surface area contributed by atoms with Crippen LogP contribution >= 0.6 is 0 Å². The van der Waals surface area contributed by atoms with Crippen LogP contribution < -0.4 is 0 Å². The standard InChI is InChI=1S/C50H28O2/c1-2-13-30-27-41-31(26-29(30)12-1)24-25-33-32(41)20-11-21-36(33)46-37-16-3-5-18-39(37)47(40-19-6-4-17-38(40)46)48-49-42(34-14-7-9-22-44(34)51-49)28-43-35-15-8-10-23-45(35)52-50(43)48/h1-28H. The Kier molecular flexibility index (Phi) is 5.53. The third-order valence-electron chi connectivity index (χ3n) is 11.2. The zero-order valence-electron chi connectivity index (χ0n) is 28.0. The Hall–Kier alpha value is -6.90. The minimum absolute atomic E-state index is 0.847. The molecule has 2 nitrogen and oxygen atoms in total. The average molecular weight is 661 g/mol. The fraction of sp³-hybridized carbons (Fsp3) is 0. The Morgan fingerprint density at radius 2 is 0.750 bits per heavy atom. The lowest BCUT2D eigenvalue weighted by molar-refractivity contribution is 0.658. The van der Waals surface area contributed by atoms with E-state index < -0.39 is 0 Å². The van der Waals surface area contributed by atoms with Gasteiger partial charge in [-0.05, 0) is 95.3 Å². The fourth-order valence-electron chi connectivity index (χ4n) is 8.95. The minimum atomic E-state index is 0.847. The lowest BCUT2D eigenvalue weighted by Crippen LogP contribution is -1.92. The molecule has 2 heterocycles. The van der Waals surface area contributed by atoms with Crippen molar-refractivity contribution in [3.8, 4) is 22.3 Å². The van der Waals surface area contributed by atoms with Gasteiger partial charge in [0.25, 0.3) is 0 Å². The average Bonchev–Trinajstić information content (AvgIpc) is 3.76. The maximum atomic E-state index is 6.82. The smallest absolute Gasteiger partial charge is 0.147 e. The lowest BCUT2D eigenvalue weighted by Gasteiger charge is -2.19. The molecule has 0 fully saturated rings. The van der Waals surface area contributed by atoms with E-state index in [2.05, 4.69) is 158 Å². The number of hydrogen-bond acceptors (Lipinski definition) is 2. The van der Waals surface area contributed by atoms with Gasteiger partial charge in [0.05, 0.1) is 5.56 Å². The van der Waals surface area contributed by atoms with Crippen LogP contribution in [0, 0.1) is 0 Å². The molecule has 2 heteroatoms. The maximum absolute atomic E-state index is 6.82. The molecule has 0 aliphatic heterocycles. The van der Waals surface area contributed by atoms with Crippen molar-refractivity contribution < 1.29 is 8.83 Å². The van der Waals surface area contributed by atoms with Gasteiger partial charge in [0.1, 0.15) is 22.3 Å². The SMILES string of the molecule is c1ccc2cc3c(ccc4c(-c5c6ccccc6c(-c6c7oc8ccccc8c7cc7c6oc6ccccc67)c6ccccc56)cccc43)cc2c1. The van der Waals surface area contributed by atoms with Crippen LogP contribution in [0.25, 0.3) is 120 Å². The van der Waals surface area contributed by atoms with Gasteiger partial charge in [0.15, 0.2) is 0 Å². The van der Waals surface area contributed by atoms with E-state index in [1.165, 1.54) is 54.2 Å². The molecule has 0 saturated heterocycles. The van der Waals surface area contributed by atoms with E-state index in [1.54, 1.807) is 0 Å². The number of hydrogen-bond donors (Lipinski definition) is 0. The normalized spacial score (nSPS) is 12.2. The van der Waals surface area contributed by atoms with Crippen molar-refractivity contribution >= 4 is 97.7 Å². The van der Waals surface area contributed by atoms with Crippen LogP contribution in [0.2, 0.25) is 0 Å². The van der Waals surface area contributed by atoms with Gasteiger partial charge in [-0.1, -0.05) is 140 Å². The molecule has 10 aromatic carbocycles. The topological polar surface area (TPSA) is 26.3 Å². The Balaban J connectivity index is 1.25. The van der Waals surface area contributed by atoms with Crippen molar-refractivity contribution in [2.45, 2.75) is 0 Å². The zero-order chi connectivity index (χ0) is 33.9. The molecule has 0 N–H and O–H groups in total. The Bertz CT molecular complexity index is 3320. The number of benzene rings is 10. The molecule has 0 radical (unpaired) electrons. The van der Waals surface area contributed by atoms with Crippen LogP contribution in [-0.2, 0) is 0 Å². The van der Waals surface area contributed by atoms with E-state index >= 15 is 0 Å². The van der Waals surface area contributed by atoms with Crippen LogP contribution in [0.1, 0.15) is 0 Å². The van der Waals surface area contributed by atoms with Crippen LogP contribution in [0.3, 0.4) is 0 Å². The Morgan fingerprint density at radius 1 is 0.250 bits per heavy atom. The zero-order valence-corrected chi connectivity index (χ0v) is 28.0. The van der Waals surface area contributed by atoms with E-state index in [1.807, 2.05) is 12.1 Å². The van der Waals surface area contributed by atoms with Crippen molar-refractivity contribution in [1.82, 2.24) is 0 Å². The summed E-state index contributed by atoms with van der Waals surface area (Å²) in [4.78, 5) is 0. The molecule has 0 aliphatic carbocycles. The van der Waals surface area contributed by atoms with E-state index in [0.29, 0.717) is 0 Å². The van der Waals surface area contributed by atoms with Gasteiger partial charge in [-0.3, -0.25) is 0 Å². The molecular formula is C50H28O2. The fourth-order valence-corrected chi connectivity index (χ4v) is 8.95. The first kappa shape index (κ1) is 27.9. The second-order valence-electron chi connectivity index (χ2n) is 13.9. The molecule has 240 valence electrons. The first-order valence-electron chi connectivity index (χ1n) is 17.8. The number of para-hydroxylation sites is 2. The molecule has 0 bridgehead atoms. The van der Waals surface area contributed by atoms with Crippen molar-refractivity contribution in [1.29, 1.82) is 0 Å². The van der Waals surface area contributed by atoms with E-state index in [-0.39, 0.29) is 0 Å². The van der Waals surface area contributed by atoms with E-state index in [9.17, 15) is 0 Å². The second-order valence-corrected chi connectivity index (χ2v) is 13.9. The van der Waals surface area contributed by atoms with Crippen LogP contribution in [0.4, 0.5) is 0 Å². The summed E-state index contributed by atoms with van der Waals surface area (Å²) in [6.45, 7) is 0. The van der Waals surface area contributed by atoms with Gasteiger partial charge in [-0.2, -0.15) is 0 Å². The molecule has 2 aromatic heterocycles. The lowest BCUT2D eigenvalue weighted by atomic mass is 9.83. The molecule has 0 aliphatic rings. The first-order valence-corrected chi connectivity index (χ1v) is 17.8. The minimum Gasteiger partial charge on any atom is -0.455 e. The highest BCUT2D eigenvalue weighted by atomic mass is 16.3. The third-order valence-corrected chi connectivity index (χ3v) is 11.2. The van der Waals surface area contributed by atoms with Crippen LogP contribution in [-0.4, -0.2) is 0 Å². The summed E-state index contributed by atoms with van der Waals surface area (Å²) in [5.41, 5.74) is 8.02. The largest absolute Gasteiger partial charge is 0.455 e. The van der Waals surface area contributed by atoms with Gasteiger partial charge in [0.2, 0.25) is 0 Å². The summed E-state index contributed by atoms with van der Waals surface area (Å²) in [6.07, 6.45) is 0. The van der Waals surface area contributed by atoms with Crippen molar-refractivity contribution in [2.24, 2.45) is 0 Å². The highest BCUT2D eigenvalue weighted by molar-refractivity contribution is 6.31. The molecule has 0 unspecified atom stereocenters. The van der Waals surface area contributed by atoms with Crippen molar-refractivity contribution in [2.75, 3.05) is 0 Å². The predicted molar refractivity (Wildman–Crippen MR) is 219 cm³/mol. The van der Waals surface area contributed by atoms with Gasteiger partial charge in [0, 0.05) is 27.1 Å². The predicted octanol–water partition coefficient (Wildman–Crippen LogP) is 14.6. The molecule has 52 heavy (non-hydrogen) atoms. The quantitative estimate of drug-likeness (QED) is 0.136. The number of fused-ring (bicyclic) bond motifs is 12. The molecule has 12 aromatic rings. The highest BCUT2D eigenvalue weighted by Gasteiger charge is 2.26. The molecule has 0 saturated carbocycles. The van der Waals surface area contributed by atoms with Crippen LogP contribution in [0.5, 0.6) is 0 Å². The maximum Gasteiger partial charge on any atom is 0.147 e. The van der Waals surface area contributed by atoms with Crippen molar-refractivity contribution in [3.63, 3.8) is 0 Å². The van der Waals surface area contributed by atoms with Gasteiger partial charge >= 0.3 is 0 Å². The molecule has 0 atom stereocenters. The van der Waals surface area contributed by atoms with E-state index in [0.717, 1.165) is 65.8 Å². The number of furan rings is 2. The summed E-state index contributed by atoms with van der Waals surface area (Å²) in [5.74, 6) is 0. The third kappa shape index (κ3) is 3.73. The Morgan fingerprint density at radius 3 is 1.37 bits per heavy atom. The van der Waals surface area contributed by atoms with Gasteiger partial charge < -0.3 is 8.83 Å².